The molecule has 45 heavy (non-hydrogen) atoms. The number of carbonyl (C=O) groups is 2. The minimum atomic E-state index is -0.798. The summed E-state index contributed by atoms with van der Waals surface area (Å²) in [5.74, 6) is 0.568. The van der Waals surface area contributed by atoms with Crippen molar-refractivity contribution in [1.29, 1.82) is 0 Å². The summed E-state index contributed by atoms with van der Waals surface area (Å²) < 4.78 is 20.5. The van der Waals surface area contributed by atoms with E-state index in [2.05, 4.69) is 0 Å². The molecule has 0 radical (unpaired) electrons. The summed E-state index contributed by atoms with van der Waals surface area (Å²) in [7, 11) is 3.13. The van der Waals surface area contributed by atoms with E-state index in [9.17, 15) is 14.4 Å². The number of likely N-dealkylation sites (N-methyl/N-ethyl adjacent to an activating group) is 1. The number of methoxy groups -OCH3 is 2. The molecule has 0 spiro atoms. The Kier molecular flexibility index (Phi) is 9.29. The fourth-order valence-electron chi connectivity index (χ4n) is 5.93. The van der Waals surface area contributed by atoms with Gasteiger partial charge in [0.25, 0.3) is 11.5 Å². The lowest BCUT2D eigenvalue weighted by Gasteiger charge is -2.30. The van der Waals surface area contributed by atoms with Gasteiger partial charge in [-0.1, -0.05) is 29.5 Å². The molecule has 1 amide bonds. The van der Waals surface area contributed by atoms with Crippen molar-refractivity contribution in [2.75, 3.05) is 33.9 Å². The van der Waals surface area contributed by atoms with Gasteiger partial charge in [0, 0.05) is 40.8 Å². The van der Waals surface area contributed by atoms with Gasteiger partial charge in [-0.3, -0.25) is 19.0 Å². The number of rotatable bonds is 10. The van der Waals surface area contributed by atoms with Gasteiger partial charge in [0.05, 0.1) is 36.6 Å². The van der Waals surface area contributed by atoms with Crippen molar-refractivity contribution in [2.24, 2.45) is 4.99 Å². The summed E-state index contributed by atoms with van der Waals surface area (Å²) in [5.41, 5.74) is 3.80. The molecule has 0 unspecified atom stereocenters. The van der Waals surface area contributed by atoms with Crippen molar-refractivity contribution in [3.05, 3.63) is 90.2 Å². The summed E-state index contributed by atoms with van der Waals surface area (Å²) in [6.07, 6.45) is 1.86. The molecule has 1 aliphatic heterocycles. The Hall–Kier alpha value is -4.64. The van der Waals surface area contributed by atoms with Crippen LogP contribution < -0.4 is 24.4 Å². The van der Waals surface area contributed by atoms with E-state index in [0.29, 0.717) is 57.4 Å². The van der Waals surface area contributed by atoms with Crippen LogP contribution in [0.5, 0.6) is 11.5 Å². The van der Waals surface area contributed by atoms with Crippen LogP contribution in [0.4, 0.5) is 0 Å². The van der Waals surface area contributed by atoms with Gasteiger partial charge in [0.1, 0.15) is 24.1 Å². The van der Waals surface area contributed by atoms with Gasteiger partial charge in [-0.05, 0) is 65.0 Å². The molecule has 5 rings (SSSR count). The second kappa shape index (κ2) is 13.2. The molecule has 0 bridgehead atoms. The maximum Gasteiger partial charge on any atom is 0.325 e. The number of fused-ring (bicyclic) bond motifs is 2. The number of amides is 1. The Morgan fingerprint density at radius 2 is 1.78 bits per heavy atom. The van der Waals surface area contributed by atoms with Gasteiger partial charge in [-0.25, -0.2) is 4.99 Å². The lowest BCUT2D eigenvalue weighted by atomic mass is 9.93. The first-order chi connectivity index (χ1) is 21.7. The first-order valence-corrected chi connectivity index (χ1v) is 15.8. The Bertz CT molecular complexity index is 2000. The van der Waals surface area contributed by atoms with E-state index in [1.165, 1.54) is 11.3 Å². The predicted octanol–water partition coefficient (Wildman–Crippen LogP) is 3.95. The smallest absolute Gasteiger partial charge is 0.325 e. The maximum atomic E-state index is 14.4. The standard InChI is InChI=1S/C34H38N4O6S/c1-8-36(9-2)33(41)30-20(4)35-34-38(31(30)25-17-22(42-6)15-16-27(25)43-7)32(40)28(45-34)18-24-21(5)37(19-29(39)44-10-3)26-14-12-11-13-23(24)26/h11-18,31H,8-10,19H2,1-7H3/b28-18+/t31-/m0/s1. The van der Waals surface area contributed by atoms with Gasteiger partial charge >= 0.3 is 5.97 Å². The van der Waals surface area contributed by atoms with Crippen molar-refractivity contribution < 1.29 is 23.8 Å². The number of benzene rings is 2. The van der Waals surface area contributed by atoms with Crippen molar-refractivity contribution in [3.63, 3.8) is 0 Å². The number of hydrogen-bond donors (Lipinski definition) is 0. The van der Waals surface area contributed by atoms with Crippen LogP contribution in [0, 0.1) is 6.92 Å². The minimum absolute atomic E-state index is 0.0565. The highest BCUT2D eigenvalue weighted by molar-refractivity contribution is 7.07. The fraction of sp³-hybridized carbons (Fsp3) is 0.353. The van der Waals surface area contributed by atoms with Crippen LogP contribution in [0.3, 0.4) is 0 Å². The third kappa shape index (κ3) is 5.68. The molecule has 10 nitrogen and oxygen atoms in total. The van der Waals surface area contributed by atoms with E-state index >= 15 is 0 Å². The van der Waals surface area contributed by atoms with Crippen LogP contribution in [-0.4, -0.2) is 59.8 Å². The normalized spacial score (nSPS) is 14.7. The predicted molar refractivity (Wildman–Crippen MR) is 175 cm³/mol. The van der Waals surface area contributed by atoms with Crippen LogP contribution in [-0.2, 0) is 20.9 Å². The Morgan fingerprint density at radius 3 is 2.44 bits per heavy atom. The average Bonchev–Trinajstić information content (AvgIpc) is 3.48. The molecular weight excluding hydrogens is 592 g/mol. The Balaban J connectivity index is 1.78. The first kappa shape index (κ1) is 31.8. The lowest BCUT2D eigenvalue weighted by Crippen LogP contribution is -2.43. The summed E-state index contributed by atoms with van der Waals surface area (Å²) in [4.78, 5) is 47.9. The van der Waals surface area contributed by atoms with Crippen LogP contribution in [0.15, 0.2) is 63.5 Å². The Labute approximate surface area is 265 Å². The number of nitrogens with zero attached hydrogens (tertiary/aromatic N) is 4. The van der Waals surface area contributed by atoms with E-state index in [4.69, 9.17) is 19.2 Å². The third-order valence-corrected chi connectivity index (χ3v) is 9.16. The van der Waals surface area contributed by atoms with E-state index in [1.54, 1.807) is 49.7 Å². The number of esters is 1. The Morgan fingerprint density at radius 1 is 1.04 bits per heavy atom. The summed E-state index contributed by atoms with van der Waals surface area (Å²) >= 11 is 1.26. The number of ether oxygens (including phenoxy) is 3. The number of aromatic nitrogens is 2. The molecule has 3 heterocycles. The number of thiazole rings is 1. The zero-order valence-electron chi connectivity index (χ0n) is 26.7. The molecular formula is C34H38N4O6S. The molecule has 1 atom stereocenters. The second-order valence-electron chi connectivity index (χ2n) is 10.6. The van der Waals surface area contributed by atoms with E-state index in [1.807, 2.05) is 61.7 Å². The molecule has 11 heteroatoms. The van der Waals surface area contributed by atoms with Crippen LogP contribution in [0.1, 0.15) is 50.6 Å². The number of allylic oxidation sites excluding steroid dienone is 1. The maximum absolute atomic E-state index is 14.4. The van der Waals surface area contributed by atoms with Crippen molar-refractivity contribution in [3.8, 4) is 11.5 Å². The fourth-order valence-corrected chi connectivity index (χ4v) is 6.96. The van der Waals surface area contributed by atoms with Gasteiger partial charge in [0.2, 0.25) is 0 Å². The van der Waals surface area contributed by atoms with Crippen LogP contribution >= 0.6 is 11.3 Å². The molecule has 0 saturated heterocycles. The molecule has 1 aliphatic rings. The van der Waals surface area contributed by atoms with Crippen molar-refractivity contribution >= 4 is 40.2 Å². The van der Waals surface area contributed by atoms with Crippen LogP contribution in [0.2, 0.25) is 0 Å². The van der Waals surface area contributed by atoms with E-state index in [-0.39, 0.29) is 24.0 Å². The monoisotopic (exact) mass is 630 g/mol. The zero-order valence-corrected chi connectivity index (χ0v) is 27.5. The highest BCUT2D eigenvalue weighted by atomic mass is 32.1. The highest BCUT2D eigenvalue weighted by Crippen LogP contribution is 2.38. The molecule has 0 N–H and O–H groups in total. The highest BCUT2D eigenvalue weighted by Gasteiger charge is 2.36. The molecule has 2 aromatic carbocycles. The van der Waals surface area contributed by atoms with Crippen molar-refractivity contribution in [2.45, 2.75) is 47.2 Å². The molecule has 2 aromatic heterocycles. The summed E-state index contributed by atoms with van der Waals surface area (Å²) in [5, 5.41) is 0.907. The molecule has 0 aliphatic carbocycles. The zero-order chi connectivity index (χ0) is 32.4. The van der Waals surface area contributed by atoms with Gasteiger partial charge in [0.15, 0.2) is 4.80 Å². The number of hydrogen-bond acceptors (Lipinski definition) is 8. The molecule has 0 fully saturated rings. The number of carbonyl (C=O) groups excluding carboxylic acids is 2. The number of para-hydroxylation sites is 1. The lowest BCUT2D eigenvalue weighted by molar-refractivity contribution is -0.143. The molecule has 236 valence electrons. The average molecular weight is 631 g/mol. The van der Waals surface area contributed by atoms with E-state index < -0.39 is 6.04 Å². The topological polar surface area (TPSA) is 104 Å². The summed E-state index contributed by atoms with van der Waals surface area (Å²) in [6, 6.07) is 12.3. The van der Waals surface area contributed by atoms with Gasteiger partial charge < -0.3 is 23.7 Å². The SMILES string of the molecule is CCOC(=O)Cn1c(C)c(/C=c2/sc3n(c2=O)[C@@H](c2cc(OC)ccc2OC)C(C(=O)N(CC)CC)=C(C)N=3)c2ccccc21. The second-order valence-corrected chi connectivity index (χ2v) is 11.6. The van der Waals surface area contributed by atoms with Crippen LogP contribution in [0.25, 0.3) is 17.0 Å². The van der Waals surface area contributed by atoms with Gasteiger partial charge in [-0.15, -0.1) is 0 Å². The molecule has 4 aromatic rings. The van der Waals surface area contributed by atoms with E-state index in [0.717, 1.165) is 22.2 Å². The summed E-state index contributed by atoms with van der Waals surface area (Å²) in [6.45, 7) is 10.7. The van der Waals surface area contributed by atoms with Gasteiger partial charge in [-0.2, -0.15) is 0 Å². The largest absolute Gasteiger partial charge is 0.497 e. The first-order valence-electron chi connectivity index (χ1n) is 15.0. The van der Waals surface area contributed by atoms with Crippen molar-refractivity contribution in [1.82, 2.24) is 14.0 Å². The quantitative estimate of drug-likeness (QED) is 0.246. The minimum Gasteiger partial charge on any atom is -0.497 e. The molecule has 0 saturated carbocycles. The third-order valence-electron chi connectivity index (χ3n) is 8.18.